The van der Waals surface area contributed by atoms with E-state index >= 15 is 8.78 Å². The maximum atomic E-state index is 15.7. The van der Waals surface area contributed by atoms with Crippen LogP contribution in [-0.4, -0.2) is 117 Å². The molecule has 460 valence electrons. The van der Waals surface area contributed by atoms with Gasteiger partial charge in [-0.15, -0.1) is 0 Å². The minimum atomic E-state index is -4.02. The van der Waals surface area contributed by atoms with Crippen molar-refractivity contribution < 1.29 is 54.4 Å². The fraction of sp³-hybridized carbons (Fsp3) is 0.397. The Morgan fingerprint density at radius 2 is 1.24 bits per heavy atom. The first-order valence-corrected chi connectivity index (χ1v) is 35.1. The van der Waals surface area contributed by atoms with Crippen LogP contribution < -0.4 is 16.4 Å². The van der Waals surface area contributed by atoms with E-state index in [9.17, 15) is 31.6 Å². The van der Waals surface area contributed by atoms with Gasteiger partial charge in [0.15, 0.2) is 22.0 Å². The number of carbonyl (C=O) groups excluding carboxylic acids is 3. The lowest BCUT2D eigenvalue weighted by molar-refractivity contribution is -0.122. The van der Waals surface area contributed by atoms with Crippen LogP contribution >= 0.6 is 55.4 Å². The topological polar surface area (TPSA) is 254 Å². The van der Waals surface area contributed by atoms with Crippen LogP contribution in [0.3, 0.4) is 0 Å². The molecule has 2 aromatic heterocycles. The largest absolute Gasteiger partial charge is 0.443 e. The summed E-state index contributed by atoms with van der Waals surface area (Å²) in [5.74, 6) is -3.35. The van der Waals surface area contributed by atoms with Crippen LogP contribution in [-0.2, 0) is 40.3 Å². The zero-order valence-corrected chi connectivity index (χ0v) is 55.6. The van der Waals surface area contributed by atoms with Crippen LogP contribution in [0.2, 0.25) is 25.7 Å². The van der Waals surface area contributed by atoms with E-state index < -0.39 is 79.7 Å². The average Bonchev–Trinajstić information content (AvgIpc) is 1.55. The van der Waals surface area contributed by atoms with Crippen molar-refractivity contribution in [1.29, 1.82) is 0 Å². The lowest BCUT2D eigenvalue weighted by atomic mass is 9.84. The molecule has 0 bridgehead atoms. The highest BCUT2D eigenvalue weighted by atomic mass is 79.9. The second kappa shape index (κ2) is 26.4. The fourth-order valence-electron chi connectivity index (χ4n) is 9.73. The third-order valence-electron chi connectivity index (χ3n) is 14.4. The molecule has 0 unspecified atom stereocenters. The number of carbonyl (C=O) groups is 3. The molecule has 6 atom stereocenters. The number of benzene rings is 3. The van der Waals surface area contributed by atoms with Gasteiger partial charge in [0, 0.05) is 51.7 Å². The van der Waals surface area contributed by atoms with E-state index in [1.54, 1.807) is 66.9 Å². The monoisotopic (exact) mass is 1390 g/mol. The van der Waals surface area contributed by atoms with Gasteiger partial charge >= 0.3 is 6.09 Å². The van der Waals surface area contributed by atoms with Crippen LogP contribution in [0, 0.1) is 30.4 Å². The van der Waals surface area contributed by atoms with Crippen molar-refractivity contribution in [3.63, 3.8) is 0 Å². The molecule has 28 heteroatoms. The third-order valence-corrected chi connectivity index (χ3v) is 20.6. The van der Waals surface area contributed by atoms with Crippen LogP contribution in [0.4, 0.5) is 22.4 Å². The summed E-state index contributed by atoms with van der Waals surface area (Å²) in [4.78, 5) is 66.0. The highest BCUT2D eigenvalue weighted by Gasteiger charge is 2.72. The summed E-state index contributed by atoms with van der Waals surface area (Å²) in [6.45, 7) is 17.6. The first-order chi connectivity index (χ1) is 40.1. The Hall–Kier alpha value is -5.88. The summed E-state index contributed by atoms with van der Waals surface area (Å²) in [7, 11) is -2.33. The number of amides is 3. The Morgan fingerprint density at radius 3 is 1.66 bits per heavy atom. The number of aryl methyl sites for hydroxylation is 1. The molecule has 0 saturated heterocycles. The van der Waals surface area contributed by atoms with Crippen LogP contribution in [0.1, 0.15) is 86.7 Å². The highest BCUT2D eigenvalue weighted by Crippen LogP contribution is 2.67. The fourth-order valence-corrected chi connectivity index (χ4v) is 14.4. The van der Waals surface area contributed by atoms with Gasteiger partial charge in [-0.05, 0) is 152 Å². The van der Waals surface area contributed by atoms with Gasteiger partial charge < -0.3 is 25.8 Å². The molecule has 3 aromatic carbocycles. The Bertz CT molecular complexity index is 3640. The number of aliphatic imine (C=N–C) groups is 2. The highest BCUT2D eigenvalue weighted by molar-refractivity contribution is 9.10. The minimum absolute atomic E-state index is 0.0209. The van der Waals surface area contributed by atoms with Crippen molar-refractivity contribution in [2.75, 3.05) is 27.4 Å². The molecule has 5 aromatic rings. The zero-order chi connectivity index (χ0) is 63.5. The summed E-state index contributed by atoms with van der Waals surface area (Å²) in [5, 5.41) is 5.81. The number of amidine groups is 2. The molecular formula is C58H66Br2F4N10O8S3Si. The van der Waals surface area contributed by atoms with Gasteiger partial charge in [0.2, 0.25) is 11.8 Å². The molecule has 2 aliphatic heterocycles. The van der Waals surface area contributed by atoms with Crippen molar-refractivity contribution >= 4 is 126 Å². The molecule has 2 fully saturated rings. The van der Waals surface area contributed by atoms with Crippen molar-refractivity contribution in [3.05, 3.63) is 145 Å². The number of nitrogens with two attached hydrogens (primary N) is 1. The third kappa shape index (κ3) is 15.9. The summed E-state index contributed by atoms with van der Waals surface area (Å²) < 4.78 is 101. The summed E-state index contributed by atoms with van der Waals surface area (Å²) in [6, 6.07) is 15.4. The summed E-state index contributed by atoms with van der Waals surface area (Å²) in [6.07, 6.45) is 8.09. The molecule has 18 nitrogen and oxygen atoms in total. The molecule has 0 radical (unpaired) electrons. The number of fused-ring (bicyclic) bond motifs is 2. The molecule has 5 N–H and O–H groups in total. The van der Waals surface area contributed by atoms with E-state index in [0.29, 0.717) is 39.8 Å². The number of aromatic nitrogens is 4. The summed E-state index contributed by atoms with van der Waals surface area (Å²) in [5.41, 5.74) is 5.17. The second-order valence-electron chi connectivity index (χ2n) is 23.3. The van der Waals surface area contributed by atoms with Crippen LogP contribution in [0.25, 0.3) is 23.8 Å². The number of thioether (sulfide) groups is 2. The Kier molecular flexibility index (Phi) is 20.8. The van der Waals surface area contributed by atoms with E-state index in [4.69, 9.17) is 24.8 Å². The van der Waals surface area contributed by atoms with Crippen molar-refractivity contribution in [2.24, 2.45) is 27.6 Å². The predicted molar refractivity (Wildman–Crippen MR) is 337 cm³/mol. The molecule has 86 heavy (non-hydrogen) atoms. The van der Waals surface area contributed by atoms with Gasteiger partial charge in [-0.2, -0.15) is 8.42 Å². The molecule has 4 aliphatic rings. The molecular weight excluding hydrogens is 1320 g/mol. The number of halogens is 6. The van der Waals surface area contributed by atoms with E-state index in [0.717, 1.165) is 23.4 Å². The van der Waals surface area contributed by atoms with Gasteiger partial charge in [0.25, 0.3) is 10.1 Å². The maximum absolute atomic E-state index is 15.7. The van der Waals surface area contributed by atoms with E-state index in [1.807, 2.05) is 6.92 Å². The standard InChI is InChI=1S/C31H40BrF2N5O4SSi.C20H18BrF2N5OS.C7H8O3S/c1-29(2,3)43-28(41)39(18-42-11-12-45(6,7)8)27-38-30(4,24-15-31(24,44-27)26(40)35-5)20-13-19(9-10-21(20)33)14-22(34)23-16-37-25(32)17-36-23;1-19(15-7-20(15,17(29)25-2)30-18(24)28-19)11-5-10(3-4-12(11)22)6-13(23)14-8-27-16(21)9-26-14;1-6-2-4-7(5-3-6)11(8,9)10/h9-10,13-14,16-17,24H,11-12,15,18H2,1-8H3,(H,35,40);3-6,8-9,15H,7H2,1-2H3,(H2,24,28)(H,25,29);2-5H,1H3,(H,8,9,10)/b22-14-;13-6-;/t24-,30+,31-;15-,19+,20-;/m00./s1. The quantitative estimate of drug-likeness (QED) is 0.0265. The van der Waals surface area contributed by atoms with Gasteiger partial charge in [-0.1, -0.05) is 73.0 Å². The second-order valence-corrected chi connectivity index (χ2v) is 34.6. The van der Waals surface area contributed by atoms with E-state index in [2.05, 4.69) is 87.1 Å². The van der Waals surface area contributed by atoms with Gasteiger partial charge in [0.05, 0.1) is 40.8 Å². The first kappa shape index (κ1) is 67.6. The summed E-state index contributed by atoms with van der Waals surface area (Å²) >= 11 is 8.71. The van der Waals surface area contributed by atoms with Gasteiger partial charge in [0.1, 0.15) is 54.1 Å². The SMILES string of the molecule is CNC(=O)[C@]12C[C@H]1[C@@](C)(c1cc(/C=C(\F)c3cnc(Br)cn3)ccc1F)N=C(N(COCC[Si](C)(C)C)C(=O)OC(C)(C)C)S2.CNC(=O)[C@]12C[C@H]1[C@@](C)(c1cc(/C=C(\F)c3cnc(Br)cn3)ccc1F)N=C(N)S2.Cc1ccc(S(=O)(=O)O)cc1. The number of ether oxygens (including phenoxy) is 2. The van der Waals surface area contributed by atoms with Crippen molar-refractivity contribution in [1.82, 2.24) is 35.5 Å². The number of nitrogens with zero attached hydrogens (tertiary/aromatic N) is 7. The van der Waals surface area contributed by atoms with Crippen molar-refractivity contribution in [3.8, 4) is 0 Å². The van der Waals surface area contributed by atoms with Gasteiger partial charge in [-0.3, -0.25) is 24.1 Å². The predicted octanol–water partition coefficient (Wildman–Crippen LogP) is 12.1. The lowest BCUT2D eigenvalue weighted by Crippen LogP contribution is -2.48. The number of hydrogen-bond donors (Lipinski definition) is 4. The number of rotatable bonds is 14. The Balaban J connectivity index is 0.000000219. The van der Waals surface area contributed by atoms with Crippen LogP contribution in [0.5, 0.6) is 0 Å². The normalized spacial score (nSPS) is 23.3. The number of nitrogens with one attached hydrogen (secondary N) is 2. The van der Waals surface area contributed by atoms with E-state index in [1.165, 1.54) is 96.1 Å². The molecule has 9 rings (SSSR count). The Morgan fingerprint density at radius 1 is 0.779 bits per heavy atom. The molecule has 2 saturated carbocycles. The molecule has 2 aliphatic carbocycles. The van der Waals surface area contributed by atoms with E-state index in [-0.39, 0.29) is 62.2 Å². The minimum Gasteiger partial charge on any atom is -0.443 e. The average molecular weight is 1390 g/mol. The van der Waals surface area contributed by atoms with Crippen LogP contribution in [0.15, 0.2) is 110 Å². The smallest absolute Gasteiger partial charge is 0.418 e. The molecule has 3 amide bonds. The zero-order valence-electron chi connectivity index (χ0n) is 48.9. The van der Waals surface area contributed by atoms with Crippen molar-refractivity contribution in [2.45, 2.75) is 111 Å². The lowest BCUT2D eigenvalue weighted by Gasteiger charge is -2.37. The van der Waals surface area contributed by atoms with Gasteiger partial charge in [-0.25, -0.2) is 47.2 Å². The first-order valence-electron chi connectivity index (χ1n) is 26.8. The Labute approximate surface area is 523 Å². The maximum Gasteiger partial charge on any atom is 0.418 e. The number of hydrogen-bond acceptors (Lipinski definition) is 16. The molecule has 0 spiro atoms. The molecule has 4 heterocycles.